The van der Waals surface area contributed by atoms with Gasteiger partial charge < -0.3 is 15.6 Å². The molecular formula is C17H17N5O2. The number of fused-ring (bicyclic) bond motifs is 3. The molecule has 0 saturated carbocycles. The second-order valence-electron chi connectivity index (χ2n) is 5.69. The highest BCUT2D eigenvalue weighted by molar-refractivity contribution is 5.83. The van der Waals surface area contributed by atoms with Crippen molar-refractivity contribution in [1.82, 2.24) is 19.5 Å². The van der Waals surface area contributed by atoms with Crippen molar-refractivity contribution in [3.63, 3.8) is 0 Å². The number of hydrogen-bond acceptors (Lipinski definition) is 6. The molecule has 0 atom stereocenters. The van der Waals surface area contributed by atoms with Gasteiger partial charge in [-0.2, -0.15) is 15.0 Å². The first kappa shape index (κ1) is 14.5. The highest BCUT2D eigenvalue weighted by Gasteiger charge is 2.17. The molecule has 2 aromatic heterocycles. The molecule has 0 amide bonds. The molecule has 7 nitrogen and oxygen atoms in total. The van der Waals surface area contributed by atoms with Crippen LogP contribution in [-0.4, -0.2) is 31.2 Å². The SMILES string of the molecule is Nc1nc2nc3c1nc(O)n3Cc1cccc(c1)C/C=C\CCO2. The zero-order valence-corrected chi connectivity index (χ0v) is 13.0. The van der Waals surface area contributed by atoms with Crippen molar-refractivity contribution >= 4 is 17.0 Å². The second-order valence-corrected chi connectivity index (χ2v) is 5.69. The molecule has 0 fully saturated rings. The monoisotopic (exact) mass is 323 g/mol. The van der Waals surface area contributed by atoms with Crippen molar-refractivity contribution in [2.45, 2.75) is 19.4 Å². The van der Waals surface area contributed by atoms with Crippen molar-refractivity contribution in [1.29, 1.82) is 0 Å². The van der Waals surface area contributed by atoms with E-state index in [-0.39, 0.29) is 17.8 Å². The number of benzene rings is 1. The number of aromatic nitrogens is 4. The van der Waals surface area contributed by atoms with Crippen LogP contribution in [0.15, 0.2) is 36.4 Å². The van der Waals surface area contributed by atoms with Crippen LogP contribution in [0.4, 0.5) is 5.82 Å². The van der Waals surface area contributed by atoms with E-state index in [0.717, 1.165) is 18.4 Å². The average Bonchev–Trinajstić information content (AvgIpc) is 2.88. The Labute approximate surface area is 138 Å². The molecule has 3 heterocycles. The summed E-state index contributed by atoms with van der Waals surface area (Å²) in [5.74, 6) is 0.195. The van der Waals surface area contributed by atoms with Gasteiger partial charge in [-0.15, -0.1) is 0 Å². The Balaban J connectivity index is 1.87. The second kappa shape index (κ2) is 5.84. The van der Waals surface area contributed by atoms with Gasteiger partial charge in [0.15, 0.2) is 17.0 Å². The standard InChI is InChI=1S/C17H17N5O2/c18-14-13-15-21-16(20-14)24-8-3-1-2-5-11-6-4-7-12(9-11)10-22(15)17(23)19-13/h1-2,4,6-7,9H,3,5,8,10H2,(H,19,23)(H2,18,20,21)/b2-1-. The first-order valence-electron chi connectivity index (χ1n) is 7.79. The van der Waals surface area contributed by atoms with Gasteiger partial charge in [0.05, 0.1) is 13.2 Å². The lowest BCUT2D eigenvalue weighted by Gasteiger charge is -2.09. The molecule has 1 aliphatic heterocycles. The van der Waals surface area contributed by atoms with Crippen LogP contribution in [0, 0.1) is 0 Å². The largest absolute Gasteiger partial charge is 0.480 e. The Morgan fingerprint density at radius 2 is 2.00 bits per heavy atom. The van der Waals surface area contributed by atoms with Crippen molar-refractivity contribution in [3.8, 4) is 12.0 Å². The fourth-order valence-electron chi connectivity index (χ4n) is 2.79. The van der Waals surface area contributed by atoms with Crippen molar-refractivity contribution < 1.29 is 9.84 Å². The number of hydrogen-bond donors (Lipinski definition) is 2. The number of imidazole rings is 1. The summed E-state index contributed by atoms with van der Waals surface area (Å²) in [5, 5.41) is 10.2. The summed E-state index contributed by atoms with van der Waals surface area (Å²) in [5.41, 5.74) is 9.04. The quantitative estimate of drug-likeness (QED) is 0.614. The minimum Gasteiger partial charge on any atom is -0.480 e. The summed E-state index contributed by atoms with van der Waals surface area (Å²) >= 11 is 0. The number of nitrogen functional groups attached to an aromatic ring is 1. The van der Waals surface area contributed by atoms with Crippen LogP contribution in [0.25, 0.3) is 11.2 Å². The lowest BCUT2D eigenvalue weighted by molar-refractivity contribution is 0.300. The Morgan fingerprint density at radius 3 is 2.92 bits per heavy atom. The van der Waals surface area contributed by atoms with E-state index in [9.17, 15) is 5.11 Å². The zero-order chi connectivity index (χ0) is 16.5. The van der Waals surface area contributed by atoms with Gasteiger partial charge in [0.25, 0.3) is 6.01 Å². The summed E-state index contributed by atoms with van der Waals surface area (Å²) in [6, 6.07) is 8.27. The van der Waals surface area contributed by atoms with Crippen LogP contribution in [-0.2, 0) is 13.0 Å². The van der Waals surface area contributed by atoms with Crippen LogP contribution in [0.2, 0.25) is 0 Å². The Morgan fingerprint density at radius 1 is 1.12 bits per heavy atom. The van der Waals surface area contributed by atoms with Crippen LogP contribution >= 0.6 is 0 Å². The maximum atomic E-state index is 10.2. The predicted octanol–water partition coefficient (Wildman–Crippen LogP) is 2.04. The maximum Gasteiger partial charge on any atom is 0.320 e. The van der Waals surface area contributed by atoms with Crippen LogP contribution in [0.5, 0.6) is 12.0 Å². The summed E-state index contributed by atoms with van der Waals surface area (Å²) in [4.78, 5) is 12.6. The van der Waals surface area contributed by atoms with E-state index in [1.807, 2.05) is 12.1 Å². The Kier molecular flexibility index (Phi) is 3.53. The molecule has 0 spiro atoms. The molecular weight excluding hydrogens is 306 g/mol. The molecule has 0 aliphatic carbocycles. The van der Waals surface area contributed by atoms with Crippen LogP contribution in [0.3, 0.4) is 0 Å². The number of ether oxygens (including phenoxy) is 1. The van der Waals surface area contributed by atoms with E-state index in [1.165, 1.54) is 5.56 Å². The average molecular weight is 323 g/mol. The first-order valence-corrected chi connectivity index (χ1v) is 7.79. The fourth-order valence-corrected chi connectivity index (χ4v) is 2.79. The molecule has 122 valence electrons. The van der Waals surface area contributed by atoms with Gasteiger partial charge in [-0.1, -0.05) is 36.4 Å². The lowest BCUT2D eigenvalue weighted by atomic mass is 10.1. The van der Waals surface area contributed by atoms with Gasteiger partial charge in [0, 0.05) is 0 Å². The van der Waals surface area contributed by atoms with Gasteiger partial charge in [0.2, 0.25) is 0 Å². The molecule has 0 unspecified atom stereocenters. The molecule has 3 N–H and O–H groups in total. The van der Waals surface area contributed by atoms with Crippen molar-refractivity contribution in [3.05, 3.63) is 47.5 Å². The third-order valence-corrected chi connectivity index (χ3v) is 3.95. The van der Waals surface area contributed by atoms with E-state index in [2.05, 4.69) is 39.2 Å². The Hall–Kier alpha value is -3.09. The molecule has 7 heteroatoms. The number of nitrogens with zero attached hydrogens (tertiary/aromatic N) is 4. The van der Waals surface area contributed by atoms with Crippen LogP contribution in [0.1, 0.15) is 17.5 Å². The Bertz CT molecular complexity index is 932. The van der Waals surface area contributed by atoms with Gasteiger partial charge >= 0.3 is 6.01 Å². The number of rotatable bonds is 0. The molecule has 4 rings (SSSR count). The highest BCUT2D eigenvalue weighted by Crippen LogP contribution is 2.26. The minimum atomic E-state index is -0.138. The number of aromatic hydroxyl groups is 1. The van der Waals surface area contributed by atoms with Crippen molar-refractivity contribution in [2.75, 3.05) is 12.3 Å². The summed E-state index contributed by atoms with van der Waals surface area (Å²) in [7, 11) is 0. The maximum absolute atomic E-state index is 10.2. The minimum absolute atomic E-state index is 0.138. The fraction of sp³-hybridized carbons (Fsp3) is 0.235. The number of nitrogens with two attached hydrogens (primary N) is 1. The topological polar surface area (TPSA) is 99.1 Å². The molecule has 4 bridgehead atoms. The number of anilines is 1. The summed E-state index contributed by atoms with van der Waals surface area (Å²) in [6.07, 6.45) is 5.81. The van der Waals surface area contributed by atoms with Gasteiger partial charge in [-0.25, -0.2) is 0 Å². The number of allylic oxidation sites excluding steroid dienone is 1. The first-order chi connectivity index (χ1) is 11.7. The summed E-state index contributed by atoms with van der Waals surface area (Å²) < 4.78 is 7.19. The highest BCUT2D eigenvalue weighted by atomic mass is 16.5. The van der Waals surface area contributed by atoms with E-state index < -0.39 is 0 Å². The van der Waals surface area contributed by atoms with E-state index in [4.69, 9.17) is 10.5 Å². The molecule has 3 aromatic rings. The predicted molar refractivity (Wildman–Crippen MR) is 89.9 cm³/mol. The van der Waals surface area contributed by atoms with Gasteiger partial charge in [0.1, 0.15) is 0 Å². The smallest absolute Gasteiger partial charge is 0.320 e. The third kappa shape index (κ3) is 2.64. The van der Waals surface area contributed by atoms with E-state index in [0.29, 0.717) is 24.3 Å². The van der Waals surface area contributed by atoms with Crippen molar-refractivity contribution in [2.24, 2.45) is 0 Å². The lowest BCUT2D eigenvalue weighted by Crippen LogP contribution is -2.06. The van der Waals surface area contributed by atoms with E-state index >= 15 is 0 Å². The third-order valence-electron chi connectivity index (χ3n) is 3.95. The molecule has 0 saturated heterocycles. The van der Waals surface area contributed by atoms with E-state index in [1.54, 1.807) is 4.57 Å². The molecule has 24 heavy (non-hydrogen) atoms. The zero-order valence-electron chi connectivity index (χ0n) is 13.0. The molecule has 0 radical (unpaired) electrons. The normalized spacial score (nSPS) is 15.8. The van der Waals surface area contributed by atoms with Gasteiger partial charge in [-0.05, 0) is 24.0 Å². The van der Waals surface area contributed by atoms with Crippen LogP contribution < -0.4 is 10.5 Å². The molecule has 1 aromatic carbocycles. The summed E-state index contributed by atoms with van der Waals surface area (Å²) in [6.45, 7) is 0.900. The van der Waals surface area contributed by atoms with Gasteiger partial charge in [-0.3, -0.25) is 4.57 Å². The molecule has 1 aliphatic rings.